The van der Waals surface area contributed by atoms with E-state index in [4.69, 9.17) is 0 Å². The van der Waals surface area contributed by atoms with Gasteiger partial charge in [0.1, 0.15) is 6.33 Å². The summed E-state index contributed by atoms with van der Waals surface area (Å²) < 4.78 is 1.89. The van der Waals surface area contributed by atoms with Crippen LogP contribution in [-0.2, 0) is 13.0 Å². The van der Waals surface area contributed by atoms with Crippen molar-refractivity contribution < 1.29 is 9.59 Å². The van der Waals surface area contributed by atoms with Gasteiger partial charge in [0.15, 0.2) is 11.6 Å². The molecule has 6 nitrogen and oxygen atoms in total. The second kappa shape index (κ2) is 5.71. The molecule has 0 spiro atoms. The van der Waals surface area contributed by atoms with Crippen LogP contribution in [0.5, 0.6) is 0 Å². The van der Waals surface area contributed by atoms with E-state index in [1.807, 2.05) is 18.4 Å². The van der Waals surface area contributed by atoms with Crippen LogP contribution in [0.3, 0.4) is 0 Å². The summed E-state index contributed by atoms with van der Waals surface area (Å²) in [6, 6.07) is 5.07. The SMILES string of the molecule is CCn1cnnc1[C@H](C)NC(=O)c1cccc2c1CCC2=O. The number of benzene rings is 1. The van der Waals surface area contributed by atoms with Gasteiger partial charge in [-0.15, -0.1) is 10.2 Å². The Labute approximate surface area is 128 Å². The third-order valence-electron chi connectivity index (χ3n) is 4.04. The zero-order valence-corrected chi connectivity index (χ0v) is 12.7. The first-order valence-electron chi connectivity index (χ1n) is 7.45. The minimum Gasteiger partial charge on any atom is -0.342 e. The summed E-state index contributed by atoms with van der Waals surface area (Å²) in [5.74, 6) is 0.660. The topological polar surface area (TPSA) is 76.9 Å². The Kier molecular flexibility index (Phi) is 3.75. The lowest BCUT2D eigenvalue weighted by molar-refractivity contribution is 0.0936. The Morgan fingerprint density at radius 2 is 2.23 bits per heavy atom. The number of aromatic nitrogens is 3. The van der Waals surface area contributed by atoms with E-state index in [0.29, 0.717) is 24.0 Å². The van der Waals surface area contributed by atoms with Crippen molar-refractivity contribution in [2.24, 2.45) is 0 Å². The van der Waals surface area contributed by atoms with E-state index >= 15 is 0 Å². The first-order valence-corrected chi connectivity index (χ1v) is 7.45. The van der Waals surface area contributed by atoms with E-state index in [1.54, 1.807) is 24.5 Å². The van der Waals surface area contributed by atoms with Crippen molar-refractivity contribution >= 4 is 11.7 Å². The zero-order valence-electron chi connectivity index (χ0n) is 12.7. The number of Topliss-reactive ketones (excluding diaryl/α,β-unsaturated/α-hetero) is 1. The summed E-state index contributed by atoms with van der Waals surface area (Å²) in [7, 11) is 0. The average molecular weight is 298 g/mol. The summed E-state index contributed by atoms with van der Waals surface area (Å²) in [6.45, 7) is 4.62. The summed E-state index contributed by atoms with van der Waals surface area (Å²) in [5, 5.41) is 10.9. The molecule has 0 saturated heterocycles. The Balaban J connectivity index is 1.83. The van der Waals surface area contributed by atoms with Gasteiger partial charge in [-0.2, -0.15) is 0 Å². The maximum atomic E-state index is 12.5. The number of nitrogens with zero attached hydrogens (tertiary/aromatic N) is 3. The molecule has 114 valence electrons. The Morgan fingerprint density at radius 1 is 1.41 bits per heavy atom. The fourth-order valence-electron chi connectivity index (χ4n) is 2.89. The first kappa shape index (κ1) is 14.4. The fourth-order valence-corrected chi connectivity index (χ4v) is 2.89. The molecule has 1 heterocycles. The predicted molar refractivity (Wildman–Crippen MR) is 80.7 cm³/mol. The highest BCUT2D eigenvalue weighted by molar-refractivity contribution is 6.05. The highest BCUT2D eigenvalue weighted by Gasteiger charge is 2.25. The molecule has 0 fully saturated rings. The van der Waals surface area contributed by atoms with E-state index in [9.17, 15) is 9.59 Å². The number of hydrogen-bond donors (Lipinski definition) is 1. The van der Waals surface area contributed by atoms with Crippen LogP contribution in [0.25, 0.3) is 0 Å². The molecule has 0 saturated carbocycles. The van der Waals surface area contributed by atoms with Gasteiger partial charge < -0.3 is 9.88 Å². The minimum atomic E-state index is -0.247. The molecular formula is C16H18N4O2. The number of aryl methyl sites for hydroxylation is 1. The third kappa shape index (κ3) is 2.41. The van der Waals surface area contributed by atoms with Crippen LogP contribution in [0.1, 0.15) is 58.4 Å². The molecule has 6 heteroatoms. The van der Waals surface area contributed by atoms with Crippen LogP contribution in [0.15, 0.2) is 24.5 Å². The van der Waals surface area contributed by atoms with Crippen molar-refractivity contribution in [2.75, 3.05) is 0 Å². The lowest BCUT2D eigenvalue weighted by Crippen LogP contribution is -2.29. The quantitative estimate of drug-likeness (QED) is 0.935. The molecule has 0 radical (unpaired) electrons. The molecule has 22 heavy (non-hydrogen) atoms. The summed E-state index contributed by atoms with van der Waals surface area (Å²) in [6.07, 6.45) is 2.77. The van der Waals surface area contributed by atoms with Crippen LogP contribution in [0, 0.1) is 0 Å². The number of nitrogens with one attached hydrogen (secondary N) is 1. The minimum absolute atomic E-state index is 0.114. The van der Waals surface area contributed by atoms with E-state index in [-0.39, 0.29) is 17.7 Å². The van der Waals surface area contributed by atoms with Crippen molar-refractivity contribution in [2.45, 2.75) is 39.3 Å². The van der Waals surface area contributed by atoms with Gasteiger partial charge in [0, 0.05) is 24.1 Å². The Bertz CT molecular complexity index is 735. The smallest absolute Gasteiger partial charge is 0.252 e. The maximum Gasteiger partial charge on any atom is 0.252 e. The van der Waals surface area contributed by atoms with Crippen LogP contribution in [-0.4, -0.2) is 26.5 Å². The lowest BCUT2D eigenvalue weighted by atomic mass is 10.0. The van der Waals surface area contributed by atoms with Gasteiger partial charge in [0.05, 0.1) is 6.04 Å². The molecular weight excluding hydrogens is 280 g/mol. The number of ketones is 1. The van der Waals surface area contributed by atoms with E-state index < -0.39 is 0 Å². The second-order valence-corrected chi connectivity index (χ2v) is 5.43. The van der Waals surface area contributed by atoms with Gasteiger partial charge in [-0.3, -0.25) is 9.59 Å². The molecule has 1 aliphatic carbocycles. The number of carbonyl (C=O) groups excluding carboxylic acids is 2. The van der Waals surface area contributed by atoms with Crippen LogP contribution in [0.4, 0.5) is 0 Å². The highest BCUT2D eigenvalue weighted by atomic mass is 16.1. The number of hydrogen-bond acceptors (Lipinski definition) is 4. The van der Waals surface area contributed by atoms with Gasteiger partial charge in [0.2, 0.25) is 0 Å². The third-order valence-corrected chi connectivity index (χ3v) is 4.04. The number of rotatable bonds is 4. The summed E-state index contributed by atoms with van der Waals surface area (Å²) in [5.41, 5.74) is 2.11. The van der Waals surface area contributed by atoms with Crippen molar-refractivity contribution in [1.82, 2.24) is 20.1 Å². The molecule has 2 aromatic rings. The van der Waals surface area contributed by atoms with Crippen molar-refractivity contribution in [1.29, 1.82) is 0 Å². The van der Waals surface area contributed by atoms with Crippen molar-refractivity contribution in [3.8, 4) is 0 Å². The van der Waals surface area contributed by atoms with Crippen LogP contribution >= 0.6 is 0 Å². The second-order valence-electron chi connectivity index (χ2n) is 5.43. The summed E-state index contributed by atoms with van der Waals surface area (Å²) >= 11 is 0. The Morgan fingerprint density at radius 3 is 3.00 bits per heavy atom. The molecule has 0 aliphatic heterocycles. The molecule has 1 aromatic carbocycles. The van der Waals surface area contributed by atoms with E-state index in [0.717, 1.165) is 17.9 Å². The van der Waals surface area contributed by atoms with Gasteiger partial charge in [-0.05, 0) is 31.9 Å². The molecule has 0 unspecified atom stereocenters. The number of fused-ring (bicyclic) bond motifs is 1. The van der Waals surface area contributed by atoms with Crippen molar-refractivity contribution in [3.63, 3.8) is 0 Å². The molecule has 1 aromatic heterocycles. The van der Waals surface area contributed by atoms with Gasteiger partial charge in [0.25, 0.3) is 5.91 Å². The normalized spacial score (nSPS) is 14.7. The Hall–Kier alpha value is -2.50. The lowest BCUT2D eigenvalue weighted by Gasteiger charge is -2.15. The molecule has 0 bridgehead atoms. The standard InChI is InChI=1S/C16H18N4O2/c1-3-20-9-17-19-15(20)10(2)18-16(22)13-6-4-5-12-11(13)7-8-14(12)21/h4-6,9-10H,3,7-8H2,1-2H3,(H,18,22)/t10-/m0/s1. The highest BCUT2D eigenvalue weighted by Crippen LogP contribution is 2.25. The monoisotopic (exact) mass is 298 g/mol. The average Bonchev–Trinajstić information content (AvgIpc) is 3.14. The molecule has 1 amide bonds. The largest absolute Gasteiger partial charge is 0.342 e. The molecule has 1 N–H and O–H groups in total. The van der Waals surface area contributed by atoms with Crippen molar-refractivity contribution in [3.05, 3.63) is 47.0 Å². The van der Waals surface area contributed by atoms with Crippen LogP contribution < -0.4 is 5.32 Å². The van der Waals surface area contributed by atoms with Gasteiger partial charge in [-0.25, -0.2) is 0 Å². The zero-order chi connectivity index (χ0) is 15.7. The number of amides is 1. The molecule has 1 aliphatic rings. The number of carbonyl (C=O) groups is 2. The maximum absolute atomic E-state index is 12.5. The summed E-state index contributed by atoms with van der Waals surface area (Å²) in [4.78, 5) is 24.3. The molecule has 3 rings (SSSR count). The van der Waals surface area contributed by atoms with E-state index in [1.165, 1.54) is 0 Å². The molecule has 1 atom stereocenters. The predicted octanol–water partition coefficient (Wildman–Crippen LogP) is 1.92. The fraction of sp³-hybridized carbons (Fsp3) is 0.375. The van der Waals surface area contributed by atoms with Crippen LogP contribution in [0.2, 0.25) is 0 Å². The van der Waals surface area contributed by atoms with Gasteiger partial charge in [-0.1, -0.05) is 12.1 Å². The van der Waals surface area contributed by atoms with Gasteiger partial charge >= 0.3 is 0 Å². The van der Waals surface area contributed by atoms with E-state index in [2.05, 4.69) is 15.5 Å². The first-order chi connectivity index (χ1) is 10.6.